The normalized spacial score (nSPS) is 28.3. The molecule has 1 aliphatic carbocycles. The van der Waals surface area contributed by atoms with Gasteiger partial charge in [0.05, 0.1) is 0 Å². The van der Waals surface area contributed by atoms with Gasteiger partial charge in [0.2, 0.25) is 0 Å². The molecule has 0 heterocycles. The third-order valence-electron chi connectivity index (χ3n) is 2.21. The minimum atomic E-state index is 0.493. The van der Waals surface area contributed by atoms with Gasteiger partial charge >= 0.3 is 0 Å². The van der Waals surface area contributed by atoms with Crippen LogP contribution in [0.1, 0.15) is 32.6 Å². The van der Waals surface area contributed by atoms with Crippen LogP contribution in [0.4, 0.5) is 0 Å². The molecule has 1 aliphatic rings. The maximum Gasteiger partial charge on any atom is -0.000681 e. The van der Waals surface area contributed by atoms with E-state index in [-0.39, 0.29) is 0 Å². The van der Waals surface area contributed by atoms with Crippen LogP contribution in [0.2, 0.25) is 0 Å². The minimum absolute atomic E-state index is 0.493. The first-order valence-corrected chi connectivity index (χ1v) is 4.83. The van der Waals surface area contributed by atoms with Gasteiger partial charge in [-0.1, -0.05) is 6.92 Å². The first-order chi connectivity index (χ1) is 4.10. The summed E-state index contributed by atoms with van der Waals surface area (Å²) in [5.41, 5.74) is 0. The first kappa shape index (κ1) is 7.96. The second-order valence-corrected chi connectivity index (χ2v) is 6.38. The third kappa shape index (κ3) is 2.52. The molecule has 0 nitrogen and oxygen atoms in total. The van der Waals surface area contributed by atoms with Gasteiger partial charge in [-0.15, -0.1) is 18.5 Å². The van der Waals surface area contributed by atoms with Crippen molar-refractivity contribution in [1.82, 2.24) is 0 Å². The third-order valence-corrected chi connectivity index (χ3v) is 3.36. The zero-order chi connectivity index (χ0) is 6.91. The van der Waals surface area contributed by atoms with Crippen LogP contribution in [-0.2, 0) is 0 Å². The van der Waals surface area contributed by atoms with Gasteiger partial charge in [0.1, 0.15) is 0 Å². The number of rotatable bonds is 0. The highest BCUT2D eigenvalue weighted by Gasteiger charge is 2.24. The Morgan fingerprint density at radius 3 is 2.00 bits per heavy atom. The Morgan fingerprint density at radius 1 is 1.22 bits per heavy atom. The molecule has 0 aromatic rings. The Balaban J connectivity index is 2.35. The molecule has 2 heteroatoms. The standard InChI is InChI=1S/C7H16P2/c1-6-2-4-7(8,9)5-3-6/h6H,2-5,8-9H2,1H3. The van der Waals surface area contributed by atoms with Crippen molar-refractivity contribution in [3.8, 4) is 0 Å². The van der Waals surface area contributed by atoms with E-state index in [9.17, 15) is 0 Å². The summed E-state index contributed by atoms with van der Waals surface area (Å²) in [7, 11) is 5.89. The van der Waals surface area contributed by atoms with E-state index in [4.69, 9.17) is 0 Å². The van der Waals surface area contributed by atoms with Crippen molar-refractivity contribution >= 4 is 18.5 Å². The van der Waals surface area contributed by atoms with Crippen LogP contribution in [0, 0.1) is 5.92 Å². The van der Waals surface area contributed by atoms with Gasteiger partial charge in [0, 0.05) is 0 Å². The monoisotopic (exact) mass is 162 g/mol. The lowest BCUT2D eigenvalue weighted by Crippen LogP contribution is -2.19. The van der Waals surface area contributed by atoms with Gasteiger partial charge in [-0.05, 0) is 36.5 Å². The smallest absolute Gasteiger partial charge is 0.000681 e. The van der Waals surface area contributed by atoms with Crippen molar-refractivity contribution in [2.24, 2.45) is 5.92 Å². The summed E-state index contributed by atoms with van der Waals surface area (Å²) in [5.74, 6) is 0.972. The van der Waals surface area contributed by atoms with E-state index in [0.717, 1.165) is 5.92 Å². The molecule has 54 valence electrons. The summed E-state index contributed by atoms with van der Waals surface area (Å²) in [6.45, 7) is 2.35. The van der Waals surface area contributed by atoms with Crippen molar-refractivity contribution in [1.29, 1.82) is 0 Å². The van der Waals surface area contributed by atoms with Crippen molar-refractivity contribution < 1.29 is 0 Å². The highest BCUT2D eigenvalue weighted by molar-refractivity contribution is 7.39. The Labute approximate surface area is 62.6 Å². The molecular weight excluding hydrogens is 146 g/mol. The van der Waals surface area contributed by atoms with Gasteiger partial charge in [0.25, 0.3) is 0 Å². The Bertz CT molecular complexity index is 89.1. The number of hydrogen-bond donors (Lipinski definition) is 0. The molecule has 2 atom stereocenters. The van der Waals surface area contributed by atoms with Crippen LogP contribution in [0.25, 0.3) is 0 Å². The summed E-state index contributed by atoms with van der Waals surface area (Å²) < 4.78 is 0. The van der Waals surface area contributed by atoms with Gasteiger partial charge in [-0.25, -0.2) is 0 Å². The molecule has 0 bridgehead atoms. The summed E-state index contributed by atoms with van der Waals surface area (Å²) in [5, 5.41) is 0. The van der Waals surface area contributed by atoms with Crippen LogP contribution >= 0.6 is 18.5 Å². The van der Waals surface area contributed by atoms with Crippen molar-refractivity contribution in [3.63, 3.8) is 0 Å². The maximum atomic E-state index is 2.94. The van der Waals surface area contributed by atoms with Crippen LogP contribution in [0.3, 0.4) is 0 Å². The lowest BCUT2D eigenvalue weighted by Gasteiger charge is -2.32. The van der Waals surface area contributed by atoms with E-state index in [2.05, 4.69) is 25.4 Å². The Hall–Kier alpha value is 0.860. The highest BCUT2D eigenvalue weighted by atomic mass is 31.1. The van der Waals surface area contributed by atoms with E-state index in [1.165, 1.54) is 25.7 Å². The zero-order valence-corrected chi connectivity index (χ0v) is 8.37. The van der Waals surface area contributed by atoms with Crippen molar-refractivity contribution in [3.05, 3.63) is 0 Å². The molecule has 0 aliphatic heterocycles. The number of hydrogen-bond acceptors (Lipinski definition) is 0. The first-order valence-electron chi connectivity index (χ1n) is 3.68. The molecule has 0 aromatic carbocycles. The molecule has 0 saturated heterocycles. The average molecular weight is 162 g/mol. The Kier molecular flexibility index (Phi) is 2.52. The molecule has 0 N–H and O–H groups in total. The molecule has 9 heavy (non-hydrogen) atoms. The van der Waals surface area contributed by atoms with Gasteiger partial charge in [-0.3, -0.25) is 0 Å². The fourth-order valence-electron chi connectivity index (χ4n) is 1.30. The van der Waals surface area contributed by atoms with E-state index in [1.807, 2.05) is 0 Å². The lowest BCUT2D eigenvalue weighted by molar-refractivity contribution is 0.376. The van der Waals surface area contributed by atoms with E-state index in [0.29, 0.717) is 4.90 Å². The van der Waals surface area contributed by atoms with Gasteiger partial charge < -0.3 is 0 Å². The quantitative estimate of drug-likeness (QED) is 0.480. The van der Waals surface area contributed by atoms with Crippen LogP contribution in [0.15, 0.2) is 0 Å². The molecule has 1 fully saturated rings. The lowest BCUT2D eigenvalue weighted by atomic mass is 9.90. The minimum Gasteiger partial charge on any atom is -0.127 e. The van der Waals surface area contributed by atoms with E-state index in [1.54, 1.807) is 0 Å². The van der Waals surface area contributed by atoms with Crippen LogP contribution in [0.5, 0.6) is 0 Å². The maximum absolute atomic E-state index is 2.94. The molecule has 1 saturated carbocycles. The zero-order valence-electron chi connectivity index (χ0n) is 6.06. The molecule has 2 unspecified atom stereocenters. The molecule has 1 rings (SSSR count). The van der Waals surface area contributed by atoms with Crippen molar-refractivity contribution in [2.45, 2.75) is 37.5 Å². The molecule has 0 spiro atoms. The molecule has 0 aromatic heterocycles. The second-order valence-electron chi connectivity index (χ2n) is 3.42. The van der Waals surface area contributed by atoms with Gasteiger partial charge in [-0.2, -0.15) is 0 Å². The molecular formula is C7H16P2. The van der Waals surface area contributed by atoms with E-state index >= 15 is 0 Å². The van der Waals surface area contributed by atoms with Crippen LogP contribution in [-0.4, -0.2) is 4.90 Å². The summed E-state index contributed by atoms with van der Waals surface area (Å²) in [6.07, 6.45) is 5.55. The largest absolute Gasteiger partial charge is 0.127 e. The van der Waals surface area contributed by atoms with Crippen LogP contribution < -0.4 is 0 Å². The molecule has 0 amide bonds. The Morgan fingerprint density at radius 2 is 1.67 bits per heavy atom. The fourth-order valence-corrected chi connectivity index (χ4v) is 1.97. The topological polar surface area (TPSA) is 0 Å². The van der Waals surface area contributed by atoms with Gasteiger partial charge in [0.15, 0.2) is 0 Å². The predicted octanol–water partition coefficient (Wildman–Crippen LogP) is 2.64. The second kappa shape index (κ2) is 2.85. The average Bonchev–Trinajstić information content (AvgIpc) is 1.78. The summed E-state index contributed by atoms with van der Waals surface area (Å²) in [4.78, 5) is 0.493. The fraction of sp³-hybridized carbons (Fsp3) is 1.00. The highest BCUT2D eigenvalue weighted by Crippen LogP contribution is 2.43. The predicted molar refractivity (Wildman–Crippen MR) is 49.8 cm³/mol. The SMILES string of the molecule is CC1CCC(P)(P)CC1. The summed E-state index contributed by atoms with van der Waals surface area (Å²) in [6, 6.07) is 0. The molecule has 0 radical (unpaired) electrons. The summed E-state index contributed by atoms with van der Waals surface area (Å²) >= 11 is 0. The van der Waals surface area contributed by atoms with E-state index < -0.39 is 0 Å². The van der Waals surface area contributed by atoms with Crippen molar-refractivity contribution in [2.75, 3.05) is 0 Å².